The van der Waals surface area contributed by atoms with Gasteiger partial charge in [-0.1, -0.05) is 12.1 Å². The zero-order valence-electron chi connectivity index (χ0n) is 18.9. The molecule has 0 saturated carbocycles. The zero-order chi connectivity index (χ0) is 24.9. The van der Waals surface area contributed by atoms with E-state index < -0.39 is 30.2 Å². The lowest BCUT2D eigenvalue weighted by molar-refractivity contribution is -0.139. The Labute approximate surface area is 200 Å². The number of carbonyl (C=O) groups excluding carboxylic acids is 1. The maximum atomic E-state index is 14.7. The molecule has 10 nitrogen and oxygen atoms in total. The SMILES string of the molecule is Cc1cccc(-c2[nH]ncc2-c2ccc(F)c(-c3cnn(CCNC(=O)[C@H](N)CC(=O)O)c3)c2)n1. The largest absolute Gasteiger partial charge is 0.481 e. The molecule has 0 radical (unpaired) electrons. The molecule has 1 atom stereocenters. The number of nitrogens with zero attached hydrogens (tertiary/aromatic N) is 4. The van der Waals surface area contributed by atoms with Crippen LogP contribution in [-0.2, 0) is 16.1 Å². The first-order valence-electron chi connectivity index (χ1n) is 10.9. The molecule has 4 rings (SSSR count). The molecule has 0 aliphatic rings. The molecule has 11 heteroatoms. The Morgan fingerprint density at radius 3 is 2.80 bits per heavy atom. The van der Waals surface area contributed by atoms with Crippen molar-refractivity contribution in [2.24, 2.45) is 5.73 Å². The van der Waals surface area contributed by atoms with Crippen molar-refractivity contribution in [2.45, 2.75) is 25.9 Å². The fraction of sp³-hybridized carbons (Fsp3) is 0.208. The summed E-state index contributed by atoms with van der Waals surface area (Å²) in [6.07, 6.45) is 4.44. The molecule has 1 amide bonds. The molecule has 3 aromatic heterocycles. The number of carboxylic acid groups (broad SMARTS) is 1. The van der Waals surface area contributed by atoms with Gasteiger partial charge >= 0.3 is 5.97 Å². The van der Waals surface area contributed by atoms with Crippen LogP contribution in [0.15, 0.2) is 55.0 Å². The van der Waals surface area contributed by atoms with E-state index in [0.29, 0.717) is 17.7 Å². The van der Waals surface area contributed by atoms with Gasteiger partial charge in [0.1, 0.15) is 5.82 Å². The Bertz CT molecular complexity index is 1360. The van der Waals surface area contributed by atoms with E-state index in [1.807, 2.05) is 25.1 Å². The summed E-state index contributed by atoms with van der Waals surface area (Å²) in [5, 5.41) is 22.7. The average molecular weight is 478 g/mol. The number of aryl methyl sites for hydroxylation is 1. The molecule has 0 spiro atoms. The van der Waals surface area contributed by atoms with Crippen LogP contribution in [0.2, 0.25) is 0 Å². The number of amides is 1. The van der Waals surface area contributed by atoms with Gasteiger partial charge < -0.3 is 16.2 Å². The number of pyridine rings is 1. The Morgan fingerprint density at radius 1 is 1.20 bits per heavy atom. The van der Waals surface area contributed by atoms with Gasteiger partial charge in [-0.3, -0.25) is 24.4 Å². The van der Waals surface area contributed by atoms with Crippen LogP contribution in [0, 0.1) is 12.7 Å². The van der Waals surface area contributed by atoms with E-state index in [4.69, 9.17) is 10.8 Å². The van der Waals surface area contributed by atoms with Crippen LogP contribution in [-0.4, -0.2) is 54.5 Å². The summed E-state index contributed by atoms with van der Waals surface area (Å²) in [6.45, 7) is 2.40. The topological polar surface area (TPSA) is 152 Å². The van der Waals surface area contributed by atoms with Gasteiger partial charge in [-0.25, -0.2) is 4.39 Å². The minimum Gasteiger partial charge on any atom is -0.481 e. The number of aromatic amines is 1. The number of rotatable bonds is 9. The van der Waals surface area contributed by atoms with E-state index in [9.17, 15) is 14.0 Å². The minimum absolute atomic E-state index is 0.192. The lowest BCUT2D eigenvalue weighted by Crippen LogP contribution is -2.42. The maximum absolute atomic E-state index is 14.7. The molecule has 35 heavy (non-hydrogen) atoms. The predicted octanol–water partition coefficient (Wildman–Crippen LogP) is 2.37. The van der Waals surface area contributed by atoms with Gasteiger partial charge in [-0.15, -0.1) is 0 Å². The van der Waals surface area contributed by atoms with Crippen LogP contribution in [0.3, 0.4) is 0 Å². The third-order valence-corrected chi connectivity index (χ3v) is 5.38. The summed E-state index contributed by atoms with van der Waals surface area (Å²) in [6, 6.07) is 9.38. The molecular weight excluding hydrogens is 453 g/mol. The van der Waals surface area contributed by atoms with Crippen molar-refractivity contribution >= 4 is 11.9 Å². The first-order valence-corrected chi connectivity index (χ1v) is 10.9. The first-order chi connectivity index (χ1) is 16.8. The second-order valence-electron chi connectivity index (χ2n) is 8.00. The number of nitrogens with one attached hydrogen (secondary N) is 2. The number of carbonyl (C=O) groups is 2. The normalized spacial score (nSPS) is 11.9. The standard InChI is InChI=1S/C24H24FN7O3/c1-14-3-2-4-21(30-14)23-18(12-28-31-23)15-5-6-19(25)17(9-15)16-11-29-32(13-16)8-7-27-24(35)20(26)10-22(33)34/h2-6,9,11-13,20H,7-8,10,26H2,1H3,(H,27,35)(H,28,31)(H,33,34)/t20-/m1/s1. The number of halogens is 1. The number of aliphatic carboxylic acids is 1. The molecule has 0 saturated heterocycles. The number of hydrogen-bond acceptors (Lipinski definition) is 6. The molecule has 0 unspecified atom stereocenters. The smallest absolute Gasteiger partial charge is 0.305 e. The van der Waals surface area contributed by atoms with Crippen molar-refractivity contribution < 1.29 is 19.1 Å². The van der Waals surface area contributed by atoms with E-state index >= 15 is 0 Å². The van der Waals surface area contributed by atoms with Crippen molar-refractivity contribution in [3.05, 3.63) is 66.5 Å². The highest BCUT2D eigenvalue weighted by atomic mass is 19.1. The van der Waals surface area contributed by atoms with E-state index in [1.165, 1.54) is 6.07 Å². The number of hydrogen-bond donors (Lipinski definition) is 4. The Balaban J connectivity index is 1.50. The quantitative estimate of drug-likeness (QED) is 0.289. The Kier molecular flexibility index (Phi) is 6.97. The number of H-pyrrole nitrogens is 1. The maximum Gasteiger partial charge on any atom is 0.305 e. The molecule has 0 aliphatic heterocycles. The summed E-state index contributed by atoms with van der Waals surface area (Å²) >= 11 is 0. The van der Waals surface area contributed by atoms with Crippen molar-refractivity contribution in [3.8, 4) is 33.6 Å². The highest BCUT2D eigenvalue weighted by Gasteiger charge is 2.17. The van der Waals surface area contributed by atoms with Crippen LogP contribution >= 0.6 is 0 Å². The van der Waals surface area contributed by atoms with E-state index in [2.05, 4.69) is 25.6 Å². The molecule has 5 N–H and O–H groups in total. The lowest BCUT2D eigenvalue weighted by Gasteiger charge is -2.10. The molecule has 3 heterocycles. The Morgan fingerprint density at radius 2 is 2.03 bits per heavy atom. The molecule has 0 aliphatic carbocycles. The van der Waals surface area contributed by atoms with Gasteiger partial charge in [0.15, 0.2) is 0 Å². The van der Waals surface area contributed by atoms with E-state index in [-0.39, 0.29) is 6.54 Å². The summed E-state index contributed by atoms with van der Waals surface area (Å²) in [5.41, 5.74) is 10.4. The van der Waals surface area contributed by atoms with Gasteiger partial charge in [0.2, 0.25) is 5.91 Å². The van der Waals surface area contributed by atoms with Crippen LogP contribution in [0.5, 0.6) is 0 Å². The van der Waals surface area contributed by atoms with Crippen LogP contribution < -0.4 is 11.1 Å². The molecule has 4 aromatic rings. The molecule has 1 aromatic carbocycles. The van der Waals surface area contributed by atoms with Crippen molar-refractivity contribution in [1.29, 1.82) is 0 Å². The van der Waals surface area contributed by atoms with E-state index in [0.717, 1.165) is 28.2 Å². The third kappa shape index (κ3) is 5.58. The zero-order valence-corrected chi connectivity index (χ0v) is 18.9. The number of benzene rings is 1. The van der Waals surface area contributed by atoms with Crippen molar-refractivity contribution in [1.82, 2.24) is 30.3 Å². The van der Waals surface area contributed by atoms with Crippen molar-refractivity contribution in [3.63, 3.8) is 0 Å². The molecule has 180 valence electrons. The average Bonchev–Trinajstić information content (AvgIpc) is 3.49. The Hall–Kier alpha value is -4.38. The fourth-order valence-electron chi connectivity index (χ4n) is 3.63. The number of carboxylic acids is 1. The van der Waals surface area contributed by atoms with Crippen LogP contribution in [0.1, 0.15) is 12.1 Å². The molecular formula is C24H24FN7O3. The predicted molar refractivity (Wildman–Crippen MR) is 126 cm³/mol. The van der Waals surface area contributed by atoms with Gasteiger partial charge in [0, 0.05) is 35.1 Å². The van der Waals surface area contributed by atoms with Gasteiger partial charge in [0.25, 0.3) is 0 Å². The second-order valence-corrected chi connectivity index (χ2v) is 8.00. The second kappa shape index (κ2) is 10.3. The monoisotopic (exact) mass is 477 g/mol. The highest BCUT2D eigenvalue weighted by molar-refractivity contribution is 5.85. The van der Waals surface area contributed by atoms with Gasteiger partial charge in [0.05, 0.1) is 42.8 Å². The summed E-state index contributed by atoms with van der Waals surface area (Å²) < 4.78 is 16.3. The fourth-order valence-corrected chi connectivity index (χ4v) is 3.63. The number of nitrogens with two attached hydrogens (primary N) is 1. The molecule has 0 fully saturated rings. The van der Waals surface area contributed by atoms with Gasteiger partial charge in [-0.2, -0.15) is 10.2 Å². The van der Waals surface area contributed by atoms with Crippen molar-refractivity contribution in [2.75, 3.05) is 6.54 Å². The van der Waals surface area contributed by atoms with Crippen LogP contribution in [0.4, 0.5) is 4.39 Å². The summed E-state index contributed by atoms with van der Waals surface area (Å²) in [4.78, 5) is 27.1. The first kappa shape index (κ1) is 23.8. The third-order valence-electron chi connectivity index (χ3n) is 5.38. The van der Waals surface area contributed by atoms with E-state index in [1.54, 1.807) is 35.4 Å². The summed E-state index contributed by atoms with van der Waals surface area (Å²) in [5.74, 6) is -2.11. The minimum atomic E-state index is -1.15. The van der Waals surface area contributed by atoms with Gasteiger partial charge in [-0.05, 0) is 36.8 Å². The van der Waals surface area contributed by atoms with Crippen LogP contribution in [0.25, 0.3) is 33.6 Å². The number of aromatic nitrogens is 5. The lowest BCUT2D eigenvalue weighted by atomic mass is 9.99. The summed E-state index contributed by atoms with van der Waals surface area (Å²) in [7, 11) is 0. The molecule has 0 bridgehead atoms. The highest BCUT2D eigenvalue weighted by Crippen LogP contribution is 2.33.